The van der Waals surface area contributed by atoms with Gasteiger partial charge in [0, 0.05) is 23.5 Å². The highest BCUT2D eigenvalue weighted by Gasteiger charge is 2.28. The number of para-hydroxylation sites is 1. The molecular formula is C18H17F3N4O4. The van der Waals surface area contributed by atoms with Gasteiger partial charge in [-0.15, -0.1) is 0 Å². The lowest BCUT2D eigenvalue weighted by Crippen LogP contribution is -2.34. The third kappa shape index (κ3) is 6.48. The molecule has 154 valence electrons. The number of hydrogen-bond acceptors (Lipinski definition) is 5. The van der Waals surface area contributed by atoms with Crippen LogP contribution in [0.2, 0.25) is 0 Å². The van der Waals surface area contributed by atoms with Gasteiger partial charge in [0.05, 0.1) is 17.0 Å². The number of hydrogen-bond donors (Lipinski definition) is 3. The van der Waals surface area contributed by atoms with Crippen molar-refractivity contribution in [3.05, 3.63) is 63.7 Å². The predicted molar refractivity (Wildman–Crippen MR) is 99.8 cm³/mol. The molecule has 0 aliphatic heterocycles. The number of non-ortho nitro benzene ring substituents is 1. The van der Waals surface area contributed by atoms with Gasteiger partial charge in [0.15, 0.2) is 0 Å². The average molecular weight is 410 g/mol. The molecule has 0 fully saturated rings. The highest BCUT2D eigenvalue weighted by Crippen LogP contribution is 2.21. The maximum Gasteiger partial charge on any atom is 0.405 e. The minimum absolute atomic E-state index is 0.0453. The van der Waals surface area contributed by atoms with Gasteiger partial charge in [-0.25, -0.2) is 0 Å². The van der Waals surface area contributed by atoms with Gasteiger partial charge >= 0.3 is 6.18 Å². The van der Waals surface area contributed by atoms with Gasteiger partial charge in [-0.1, -0.05) is 12.1 Å². The van der Waals surface area contributed by atoms with Crippen molar-refractivity contribution in [2.45, 2.75) is 13.1 Å². The molecule has 2 aromatic carbocycles. The molecule has 2 aromatic rings. The summed E-state index contributed by atoms with van der Waals surface area (Å²) in [6.45, 7) is -0.156. The van der Waals surface area contributed by atoms with Crippen LogP contribution in [0.5, 0.6) is 0 Å². The standard InChI is InChI=1S/C18H17F3N4O4/c1-11-8-12(25(28)29)6-7-14(11)24-16(26)9-22-15-5-3-2-4-13(15)17(27)23-10-18(19,20)21/h2-8,22H,9-10H2,1H3,(H,23,27)(H,24,26). The van der Waals surface area contributed by atoms with Crippen LogP contribution in [0.15, 0.2) is 42.5 Å². The number of amides is 2. The first-order chi connectivity index (χ1) is 13.6. The summed E-state index contributed by atoms with van der Waals surface area (Å²) in [6.07, 6.45) is -4.54. The average Bonchev–Trinajstić information content (AvgIpc) is 2.65. The summed E-state index contributed by atoms with van der Waals surface area (Å²) in [6, 6.07) is 9.76. The fourth-order valence-electron chi connectivity index (χ4n) is 2.38. The second-order valence-electron chi connectivity index (χ2n) is 6.00. The molecule has 3 N–H and O–H groups in total. The first-order valence-electron chi connectivity index (χ1n) is 8.29. The van der Waals surface area contributed by atoms with E-state index in [-0.39, 0.29) is 23.5 Å². The molecule has 0 aliphatic rings. The van der Waals surface area contributed by atoms with Crippen LogP contribution in [0.4, 0.5) is 30.2 Å². The van der Waals surface area contributed by atoms with E-state index >= 15 is 0 Å². The highest BCUT2D eigenvalue weighted by molar-refractivity contribution is 6.01. The van der Waals surface area contributed by atoms with E-state index in [0.29, 0.717) is 11.3 Å². The van der Waals surface area contributed by atoms with Crippen LogP contribution in [-0.2, 0) is 4.79 Å². The van der Waals surface area contributed by atoms with Gasteiger partial charge in [-0.05, 0) is 30.7 Å². The zero-order valence-electron chi connectivity index (χ0n) is 15.2. The molecule has 0 unspecified atom stereocenters. The molecule has 0 saturated carbocycles. The van der Waals surface area contributed by atoms with Crippen molar-refractivity contribution in [1.29, 1.82) is 0 Å². The number of nitrogens with one attached hydrogen (secondary N) is 3. The summed E-state index contributed by atoms with van der Waals surface area (Å²) in [5, 5.41) is 17.8. The molecule has 0 aliphatic carbocycles. The normalized spacial score (nSPS) is 10.9. The minimum Gasteiger partial charge on any atom is -0.376 e. The molecule has 8 nitrogen and oxygen atoms in total. The number of carbonyl (C=O) groups excluding carboxylic acids is 2. The van der Waals surface area contributed by atoms with Gasteiger partial charge in [-0.3, -0.25) is 19.7 Å². The number of rotatable bonds is 7. The number of benzene rings is 2. The van der Waals surface area contributed by atoms with E-state index in [1.54, 1.807) is 18.3 Å². The molecule has 29 heavy (non-hydrogen) atoms. The van der Waals surface area contributed by atoms with Crippen molar-refractivity contribution < 1.29 is 27.7 Å². The van der Waals surface area contributed by atoms with Gasteiger partial charge in [-0.2, -0.15) is 13.2 Å². The fourth-order valence-corrected chi connectivity index (χ4v) is 2.38. The van der Waals surface area contributed by atoms with E-state index in [1.807, 2.05) is 0 Å². The number of nitrogens with zero attached hydrogens (tertiary/aromatic N) is 1. The summed E-state index contributed by atoms with van der Waals surface area (Å²) in [7, 11) is 0. The number of carbonyl (C=O) groups is 2. The highest BCUT2D eigenvalue weighted by atomic mass is 19.4. The van der Waals surface area contributed by atoms with Crippen molar-refractivity contribution in [2.75, 3.05) is 23.7 Å². The quantitative estimate of drug-likeness (QED) is 0.479. The van der Waals surface area contributed by atoms with Crippen LogP contribution in [0.1, 0.15) is 15.9 Å². The molecule has 0 saturated heterocycles. The van der Waals surface area contributed by atoms with Crippen LogP contribution in [0.3, 0.4) is 0 Å². The first-order valence-corrected chi connectivity index (χ1v) is 8.29. The second-order valence-corrected chi connectivity index (χ2v) is 6.00. The molecule has 2 rings (SSSR count). The van der Waals surface area contributed by atoms with Crippen molar-refractivity contribution in [3.8, 4) is 0 Å². The number of nitro groups is 1. The monoisotopic (exact) mass is 410 g/mol. The van der Waals surface area contributed by atoms with Crippen molar-refractivity contribution in [1.82, 2.24) is 5.32 Å². The maximum absolute atomic E-state index is 12.3. The lowest BCUT2D eigenvalue weighted by atomic mass is 10.1. The lowest BCUT2D eigenvalue weighted by Gasteiger charge is -2.14. The van der Waals surface area contributed by atoms with Crippen molar-refractivity contribution >= 4 is 28.9 Å². The number of nitro benzene ring substituents is 1. The zero-order valence-corrected chi connectivity index (χ0v) is 15.2. The van der Waals surface area contributed by atoms with E-state index < -0.39 is 29.5 Å². The topological polar surface area (TPSA) is 113 Å². The van der Waals surface area contributed by atoms with Crippen molar-refractivity contribution in [3.63, 3.8) is 0 Å². The zero-order chi connectivity index (χ0) is 21.6. The first kappa shape index (κ1) is 21.7. The Morgan fingerprint density at radius 3 is 2.41 bits per heavy atom. The van der Waals surface area contributed by atoms with Gasteiger partial charge in [0.2, 0.25) is 5.91 Å². The Morgan fingerprint density at radius 1 is 1.10 bits per heavy atom. The van der Waals surface area contributed by atoms with E-state index in [9.17, 15) is 32.9 Å². The summed E-state index contributed by atoms with van der Waals surface area (Å²) < 4.78 is 36.8. The van der Waals surface area contributed by atoms with Gasteiger partial charge in [0.1, 0.15) is 6.54 Å². The van der Waals surface area contributed by atoms with Crippen LogP contribution in [0, 0.1) is 17.0 Å². The molecule has 2 amide bonds. The molecule has 0 radical (unpaired) electrons. The molecule has 0 aromatic heterocycles. The third-order valence-electron chi connectivity index (χ3n) is 3.76. The fraction of sp³-hybridized carbons (Fsp3) is 0.222. The third-order valence-corrected chi connectivity index (χ3v) is 3.76. The molecular weight excluding hydrogens is 393 g/mol. The Kier molecular flexibility index (Phi) is 6.75. The summed E-state index contributed by atoms with van der Waals surface area (Å²) in [5.41, 5.74) is 0.884. The molecule has 11 heteroatoms. The van der Waals surface area contributed by atoms with Gasteiger partial charge in [0.25, 0.3) is 11.6 Å². The van der Waals surface area contributed by atoms with Crippen LogP contribution >= 0.6 is 0 Å². The van der Waals surface area contributed by atoms with E-state index in [1.165, 1.54) is 36.4 Å². The number of alkyl halides is 3. The lowest BCUT2D eigenvalue weighted by molar-refractivity contribution is -0.384. The van der Waals surface area contributed by atoms with Crippen LogP contribution in [-0.4, -0.2) is 36.0 Å². The minimum atomic E-state index is -4.54. The molecule has 0 bridgehead atoms. The second kappa shape index (κ2) is 9.04. The Labute approximate surface area is 163 Å². The Hall–Kier alpha value is -3.63. The SMILES string of the molecule is Cc1cc([N+](=O)[O-])ccc1NC(=O)CNc1ccccc1C(=O)NCC(F)(F)F. The molecule has 0 atom stereocenters. The Bertz CT molecular complexity index is 932. The van der Waals surface area contributed by atoms with Crippen LogP contribution < -0.4 is 16.0 Å². The van der Waals surface area contributed by atoms with Crippen molar-refractivity contribution in [2.24, 2.45) is 0 Å². The molecule has 0 spiro atoms. The number of aryl methyl sites for hydroxylation is 1. The van der Waals surface area contributed by atoms with E-state index in [4.69, 9.17) is 0 Å². The Morgan fingerprint density at radius 2 is 1.79 bits per heavy atom. The smallest absolute Gasteiger partial charge is 0.376 e. The van der Waals surface area contributed by atoms with Gasteiger partial charge < -0.3 is 16.0 Å². The maximum atomic E-state index is 12.3. The summed E-state index contributed by atoms with van der Waals surface area (Å²) in [5.74, 6) is -1.44. The number of anilines is 2. The largest absolute Gasteiger partial charge is 0.405 e. The molecule has 0 heterocycles. The van der Waals surface area contributed by atoms with E-state index in [0.717, 1.165) is 0 Å². The Balaban J connectivity index is 2.00. The van der Waals surface area contributed by atoms with E-state index in [2.05, 4.69) is 10.6 Å². The van der Waals surface area contributed by atoms with Crippen LogP contribution in [0.25, 0.3) is 0 Å². The predicted octanol–water partition coefficient (Wildman–Crippen LogP) is 3.25. The summed E-state index contributed by atoms with van der Waals surface area (Å²) >= 11 is 0. The number of halogens is 3. The summed E-state index contributed by atoms with van der Waals surface area (Å²) in [4.78, 5) is 34.3.